The van der Waals surface area contributed by atoms with Crippen molar-refractivity contribution in [2.45, 2.75) is 12.8 Å². The van der Waals surface area contributed by atoms with Crippen molar-refractivity contribution in [3.63, 3.8) is 0 Å². The molecule has 7 heteroatoms. The minimum absolute atomic E-state index is 0.0245. The molecule has 2 saturated heterocycles. The number of hydrogen-bond acceptors (Lipinski definition) is 4. The first kappa shape index (κ1) is 14.1. The molecule has 114 valence electrons. The molecule has 0 aromatic carbocycles. The molecule has 0 spiro atoms. The van der Waals surface area contributed by atoms with Crippen LogP contribution in [0.15, 0.2) is 12.4 Å². The molecule has 7 nitrogen and oxygen atoms in total. The number of nitrogens with zero attached hydrogens (tertiary/aromatic N) is 4. The van der Waals surface area contributed by atoms with Crippen LogP contribution in [0, 0.1) is 5.92 Å². The Morgan fingerprint density at radius 3 is 2.90 bits per heavy atom. The van der Waals surface area contributed by atoms with E-state index >= 15 is 0 Å². The number of anilines is 1. The Hall–Kier alpha value is -1.89. The first-order chi connectivity index (χ1) is 10.1. The fraction of sp³-hybridized carbons (Fsp3) is 0.643. The van der Waals surface area contributed by atoms with Gasteiger partial charge < -0.3 is 15.1 Å². The molecule has 1 aromatic heterocycles. The summed E-state index contributed by atoms with van der Waals surface area (Å²) in [7, 11) is 1.82. The fourth-order valence-corrected chi connectivity index (χ4v) is 3.00. The molecule has 1 N–H and O–H groups in total. The van der Waals surface area contributed by atoms with Crippen molar-refractivity contribution in [1.82, 2.24) is 20.0 Å². The number of carbonyl (C=O) groups is 2. The van der Waals surface area contributed by atoms with E-state index in [4.69, 9.17) is 0 Å². The lowest BCUT2D eigenvalue weighted by atomic mass is 9.98. The zero-order valence-corrected chi connectivity index (χ0v) is 12.3. The van der Waals surface area contributed by atoms with Gasteiger partial charge in [-0.2, -0.15) is 5.10 Å². The van der Waals surface area contributed by atoms with Crippen LogP contribution in [0.5, 0.6) is 0 Å². The molecule has 1 unspecified atom stereocenters. The zero-order chi connectivity index (χ0) is 14.8. The Labute approximate surface area is 123 Å². The van der Waals surface area contributed by atoms with Crippen LogP contribution in [-0.4, -0.2) is 59.2 Å². The first-order valence-corrected chi connectivity index (χ1v) is 7.43. The number of amides is 2. The quantitative estimate of drug-likeness (QED) is 0.804. The van der Waals surface area contributed by atoms with Crippen LogP contribution in [0.4, 0.5) is 5.69 Å². The van der Waals surface area contributed by atoms with E-state index in [1.807, 2.05) is 13.2 Å². The van der Waals surface area contributed by atoms with Crippen molar-refractivity contribution < 1.29 is 9.59 Å². The molecule has 2 aliphatic rings. The summed E-state index contributed by atoms with van der Waals surface area (Å²) in [5.74, 6) is 0.101. The predicted molar refractivity (Wildman–Crippen MR) is 77.7 cm³/mol. The third-order valence-electron chi connectivity index (χ3n) is 4.18. The number of piperidine rings is 1. The Kier molecular flexibility index (Phi) is 3.92. The summed E-state index contributed by atoms with van der Waals surface area (Å²) < 4.78 is 1.67. The molecule has 1 aromatic rings. The van der Waals surface area contributed by atoms with E-state index in [1.54, 1.807) is 20.7 Å². The maximum atomic E-state index is 12.4. The molecule has 3 rings (SSSR count). The number of hydrogen-bond donors (Lipinski definition) is 1. The van der Waals surface area contributed by atoms with Crippen molar-refractivity contribution >= 4 is 17.5 Å². The normalized spacial score (nSPS) is 23.5. The smallest absolute Gasteiger partial charge is 0.246 e. The largest absolute Gasteiger partial charge is 0.331 e. The van der Waals surface area contributed by atoms with Gasteiger partial charge >= 0.3 is 0 Å². The highest BCUT2D eigenvalue weighted by Crippen LogP contribution is 2.19. The third kappa shape index (κ3) is 2.92. The number of aromatic nitrogens is 2. The van der Waals surface area contributed by atoms with Gasteiger partial charge in [0.1, 0.15) is 6.54 Å². The molecule has 0 radical (unpaired) electrons. The van der Waals surface area contributed by atoms with Gasteiger partial charge in [-0.3, -0.25) is 14.3 Å². The van der Waals surface area contributed by atoms with Gasteiger partial charge in [-0.25, -0.2) is 0 Å². The number of nitrogens with one attached hydrogen (secondary N) is 1. The van der Waals surface area contributed by atoms with Crippen LogP contribution in [0.2, 0.25) is 0 Å². The van der Waals surface area contributed by atoms with Gasteiger partial charge in [0.15, 0.2) is 0 Å². The number of aryl methyl sites for hydroxylation is 1. The van der Waals surface area contributed by atoms with Crippen LogP contribution in [0.25, 0.3) is 0 Å². The number of rotatable bonds is 2. The summed E-state index contributed by atoms with van der Waals surface area (Å²) in [4.78, 5) is 28.1. The second kappa shape index (κ2) is 5.85. The predicted octanol–water partition coefficient (Wildman–Crippen LogP) is -0.405. The van der Waals surface area contributed by atoms with Gasteiger partial charge in [-0.15, -0.1) is 0 Å². The van der Waals surface area contributed by atoms with Crippen LogP contribution in [0.3, 0.4) is 0 Å². The Balaban J connectivity index is 1.62. The monoisotopic (exact) mass is 291 g/mol. The highest BCUT2D eigenvalue weighted by atomic mass is 16.2. The van der Waals surface area contributed by atoms with Gasteiger partial charge in [0.25, 0.3) is 0 Å². The Morgan fingerprint density at radius 1 is 1.43 bits per heavy atom. The lowest BCUT2D eigenvalue weighted by Gasteiger charge is -2.36. The van der Waals surface area contributed by atoms with Gasteiger partial charge in [0.2, 0.25) is 11.8 Å². The average Bonchev–Trinajstić information content (AvgIpc) is 2.93. The van der Waals surface area contributed by atoms with Gasteiger partial charge in [0, 0.05) is 32.9 Å². The topological polar surface area (TPSA) is 70.5 Å². The van der Waals surface area contributed by atoms with Crippen molar-refractivity contribution in [2.75, 3.05) is 37.6 Å². The molecule has 2 fully saturated rings. The summed E-state index contributed by atoms with van der Waals surface area (Å²) in [6, 6.07) is 0. The second-order valence-corrected chi connectivity index (χ2v) is 5.72. The van der Waals surface area contributed by atoms with Crippen molar-refractivity contribution in [1.29, 1.82) is 0 Å². The van der Waals surface area contributed by atoms with E-state index in [0.29, 0.717) is 13.1 Å². The Bertz CT molecular complexity index is 535. The van der Waals surface area contributed by atoms with E-state index < -0.39 is 0 Å². The van der Waals surface area contributed by atoms with E-state index in [1.165, 1.54) is 0 Å². The number of piperazine rings is 1. The van der Waals surface area contributed by atoms with Crippen molar-refractivity contribution in [3.05, 3.63) is 12.4 Å². The summed E-state index contributed by atoms with van der Waals surface area (Å²) in [6.45, 7) is 3.02. The molecule has 0 aliphatic carbocycles. The molecular formula is C14H21N5O2. The lowest BCUT2D eigenvalue weighted by Crippen LogP contribution is -2.54. The van der Waals surface area contributed by atoms with Crippen molar-refractivity contribution in [2.24, 2.45) is 13.0 Å². The number of carbonyl (C=O) groups excluding carboxylic acids is 2. The van der Waals surface area contributed by atoms with E-state index in [-0.39, 0.29) is 24.3 Å². The van der Waals surface area contributed by atoms with Crippen molar-refractivity contribution in [3.8, 4) is 0 Å². The molecular weight excluding hydrogens is 270 g/mol. The average molecular weight is 291 g/mol. The lowest BCUT2D eigenvalue weighted by molar-refractivity contribution is -0.140. The van der Waals surface area contributed by atoms with Gasteiger partial charge in [0.05, 0.1) is 17.8 Å². The maximum Gasteiger partial charge on any atom is 0.246 e. The summed E-state index contributed by atoms with van der Waals surface area (Å²) in [5.41, 5.74) is 0.800. The van der Waals surface area contributed by atoms with Gasteiger partial charge in [-0.05, 0) is 19.4 Å². The van der Waals surface area contributed by atoms with Crippen LogP contribution in [0.1, 0.15) is 12.8 Å². The van der Waals surface area contributed by atoms with Gasteiger partial charge in [-0.1, -0.05) is 0 Å². The Morgan fingerprint density at radius 2 is 2.29 bits per heavy atom. The molecule has 2 amide bonds. The summed E-state index contributed by atoms with van der Waals surface area (Å²) in [5, 5.41) is 7.34. The molecule has 1 atom stereocenters. The minimum Gasteiger partial charge on any atom is -0.331 e. The molecule has 0 bridgehead atoms. The summed E-state index contributed by atoms with van der Waals surface area (Å²) >= 11 is 0. The highest BCUT2D eigenvalue weighted by Gasteiger charge is 2.32. The first-order valence-electron chi connectivity index (χ1n) is 7.43. The zero-order valence-electron chi connectivity index (χ0n) is 12.3. The molecule has 0 saturated carbocycles. The van der Waals surface area contributed by atoms with E-state index in [9.17, 15) is 9.59 Å². The maximum absolute atomic E-state index is 12.4. The SMILES string of the molecule is Cn1cc(N2CCN(C(=O)C3CCCNC3)CC2=O)cn1. The second-order valence-electron chi connectivity index (χ2n) is 5.72. The summed E-state index contributed by atoms with van der Waals surface area (Å²) in [6.07, 6.45) is 5.45. The van der Waals surface area contributed by atoms with E-state index in [2.05, 4.69) is 10.4 Å². The van der Waals surface area contributed by atoms with Crippen LogP contribution < -0.4 is 10.2 Å². The fourth-order valence-electron chi connectivity index (χ4n) is 3.00. The van der Waals surface area contributed by atoms with Crippen LogP contribution in [-0.2, 0) is 16.6 Å². The molecule has 2 aliphatic heterocycles. The van der Waals surface area contributed by atoms with Crippen LogP contribution >= 0.6 is 0 Å². The van der Waals surface area contributed by atoms with E-state index in [0.717, 1.165) is 31.6 Å². The third-order valence-corrected chi connectivity index (χ3v) is 4.18. The molecule has 21 heavy (non-hydrogen) atoms. The highest BCUT2D eigenvalue weighted by molar-refractivity contribution is 5.98. The molecule has 3 heterocycles. The standard InChI is InChI=1S/C14H21N5O2/c1-17-9-12(8-16-17)19-6-5-18(10-13(19)20)14(21)11-3-2-4-15-7-11/h8-9,11,15H,2-7,10H2,1H3. The minimum atomic E-state index is -0.0358.